The molecule has 0 aliphatic carbocycles. The molecule has 1 aromatic rings. The van der Waals surface area contributed by atoms with Gasteiger partial charge >= 0.3 is 0 Å². The quantitative estimate of drug-likeness (QED) is 0.819. The molecule has 140 valence electrons. The molecule has 2 aliphatic rings. The van der Waals surface area contributed by atoms with Crippen molar-refractivity contribution in [2.24, 2.45) is 5.92 Å². The van der Waals surface area contributed by atoms with Crippen LogP contribution in [0.2, 0.25) is 0 Å². The van der Waals surface area contributed by atoms with E-state index in [-0.39, 0.29) is 29.7 Å². The maximum absolute atomic E-state index is 12.7. The predicted molar refractivity (Wildman–Crippen MR) is 95.8 cm³/mol. The highest BCUT2D eigenvalue weighted by molar-refractivity contribution is 5.98. The molecule has 3 rings (SSSR count). The second-order valence-electron chi connectivity index (χ2n) is 7.01. The number of hydrogen-bond donors (Lipinski definition) is 2. The van der Waals surface area contributed by atoms with Crippen molar-refractivity contribution in [3.05, 3.63) is 29.8 Å². The third kappa shape index (κ3) is 3.38. The summed E-state index contributed by atoms with van der Waals surface area (Å²) >= 11 is 0. The summed E-state index contributed by atoms with van der Waals surface area (Å²) in [6.45, 7) is 4.33. The van der Waals surface area contributed by atoms with Gasteiger partial charge in [0.15, 0.2) is 0 Å². The molecule has 2 N–H and O–H groups in total. The van der Waals surface area contributed by atoms with Gasteiger partial charge in [0.25, 0.3) is 5.91 Å². The van der Waals surface area contributed by atoms with Gasteiger partial charge in [-0.1, -0.05) is 20.3 Å². The van der Waals surface area contributed by atoms with Gasteiger partial charge < -0.3 is 20.3 Å². The summed E-state index contributed by atoms with van der Waals surface area (Å²) in [6.07, 6.45) is 1.25. The highest BCUT2D eigenvalue weighted by atomic mass is 16.5. The monoisotopic (exact) mass is 359 g/mol. The predicted octanol–water partition coefficient (Wildman–Crippen LogP) is 0.939. The standard InChI is InChI=1S/C19H25N3O4/c1-4-11(2)16-19(25)22-10-13(9-15(22)18(24)21-16)20-17(23)12-5-7-14(26-3)8-6-12/h5-8,11,13,15-16H,4,9-10H2,1-3H3,(H,20,23)(H,21,24)/t11-,13-,15-,16-/m0/s1. The lowest BCUT2D eigenvalue weighted by atomic mass is 9.95. The molecular weight excluding hydrogens is 334 g/mol. The van der Waals surface area contributed by atoms with Gasteiger partial charge in [-0.05, 0) is 36.6 Å². The summed E-state index contributed by atoms with van der Waals surface area (Å²) in [7, 11) is 1.57. The van der Waals surface area contributed by atoms with Crippen LogP contribution >= 0.6 is 0 Å². The van der Waals surface area contributed by atoms with E-state index in [9.17, 15) is 14.4 Å². The Morgan fingerprint density at radius 2 is 2.04 bits per heavy atom. The number of ether oxygens (including phenoxy) is 1. The zero-order valence-electron chi connectivity index (χ0n) is 15.3. The Balaban J connectivity index is 1.66. The van der Waals surface area contributed by atoms with Crippen LogP contribution in [0.25, 0.3) is 0 Å². The number of piperazine rings is 1. The van der Waals surface area contributed by atoms with Crippen LogP contribution in [0, 0.1) is 5.92 Å². The molecule has 4 atom stereocenters. The molecule has 0 saturated carbocycles. The van der Waals surface area contributed by atoms with Gasteiger partial charge in [-0.15, -0.1) is 0 Å². The SMILES string of the molecule is CC[C@H](C)[C@@H]1NC(=O)[C@@H]2C[C@H](NC(=O)c3ccc(OC)cc3)CN2C1=O. The van der Waals surface area contributed by atoms with Crippen molar-refractivity contribution in [1.82, 2.24) is 15.5 Å². The molecule has 0 aromatic heterocycles. The van der Waals surface area contributed by atoms with Gasteiger partial charge in [0.2, 0.25) is 11.8 Å². The van der Waals surface area contributed by atoms with Crippen LogP contribution in [0.4, 0.5) is 0 Å². The van der Waals surface area contributed by atoms with Crippen LogP contribution in [0.1, 0.15) is 37.0 Å². The minimum atomic E-state index is -0.496. The second kappa shape index (κ2) is 7.35. The van der Waals surface area contributed by atoms with Crippen LogP contribution < -0.4 is 15.4 Å². The highest BCUT2D eigenvalue weighted by Gasteiger charge is 2.47. The number of amides is 3. The van der Waals surface area contributed by atoms with E-state index >= 15 is 0 Å². The van der Waals surface area contributed by atoms with Crippen molar-refractivity contribution in [2.45, 2.75) is 44.8 Å². The number of fused-ring (bicyclic) bond motifs is 1. The van der Waals surface area contributed by atoms with Crippen molar-refractivity contribution in [3.63, 3.8) is 0 Å². The lowest BCUT2D eigenvalue weighted by Gasteiger charge is -2.36. The van der Waals surface area contributed by atoms with Crippen molar-refractivity contribution < 1.29 is 19.1 Å². The number of hydrogen-bond acceptors (Lipinski definition) is 4. The van der Waals surface area contributed by atoms with Crippen molar-refractivity contribution in [1.29, 1.82) is 0 Å². The zero-order valence-corrected chi connectivity index (χ0v) is 15.3. The van der Waals surface area contributed by atoms with Crippen molar-refractivity contribution in [2.75, 3.05) is 13.7 Å². The van der Waals surface area contributed by atoms with Gasteiger partial charge in [0.1, 0.15) is 17.8 Å². The maximum atomic E-state index is 12.7. The molecule has 3 amide bonds. The molecule has 0 bridgehead atoms. The minimum absolute atomic E-state index is 0.0508. The first kappa shape index (κ1) is 18.2. The number of methoxy groups -OCH3 is 1. The fourth-order valence-corrected chi connectivity index (χ4v) is 3.55. The van der Waals surface area contributed by atoms with Crippen LogP contribution in [-0.2, 0) is 9.59 Å². The first-order valence-electron chi connectivity index (χ1n) is 9.00. The first-order valence-corrected chi connectivity index (χ1v) is 9.00. The molecule has 7 heteroatoms. The van der Waals surface area contributed by atoms with Gasteiger partial charge in [0, 0.05) is 18.2 Å². The highest BCUT2D eigenvalue weighted by Crippen LogP contribution is 2.26. The Kier molecular flexibility index (Phi) is 5.15. The normalized spacial score (nSPS) is 26.1. The molecule has 0 radical (unpaired) electrons. The number of benzene rings is 1. The van der Waals surface area contributed by atoms with E-state index in [1.54, 1.807) is 36.3 Å². The Bertz CT molecular complexity index is 703. The minimum Gasteiger partial charge on any atom is -0.497 e. The van der Waals surface area contributed by atoms with Crippen LogP contribution in [-0.4, -0.2) is 54.4 Å². The topological polar surface area (TPSA) is 87.7 Å². The number of nitrogens with zero attached hydrogens (tertiary/aromatic N) is 1. The fourth-order valence-electron chi connectivity index (χ4n) is 3.55. The van der Waals surface area contributed by atoms with Crippen molar-refractivity contribution >= 4 is 17.7 Å². The fraction of sp³-hybridized carbons (Fsp3) is 0.526. The second-order valence-corrected chi connectivity index (χ2v) is 7.01. The average molecular weight is 359 g/mol. The van der Waals surface area contributed by atoms with Crippen molar-refractivity contribution in [3.8, 4) is 5.75 Å². The van der Waals surface area contributed by atoms with Gasteiger partial charge in [-0.3, -0.25) is 14.4 Å². The molecule has 2 saturated heterocycles. The number of carbonyl (C=O) groups excluding carboxylic acids is 3. The Morgan fingerprint density at radius 1 is 1.35 bits per heavy atom. The van der Waals surface area contributed by atoms with E-state index in [1.807, 2.05) is 13.8 Å². The molecule has 0 unspecified atom stereocenters. The average Bonchev–Trinajstić information content (AvgIpc) is 3.08. The number of rotatable bonds is 5. The lowest BCUT2D eigenvalue weighted by Crippen LogP contribution is -2.62. The van der Waals surface area contributed by atoms with Gasteiger partial charge in [-0.25, -0.2) is 0 Å². The largest absolute Gasteiger partial charge is 0.497 e. The van der Waals surface area contributed by atoms with E-state index in [4.69, 9.17) is 4.74 Å². The van der Waals surface area contributed by atoms with Gasteiger partial charge in [-0.2, -0.15) is 0 Å². The summed E-state index contributed by atoms with van der Waals surface area (Å²) in [5, 5.41) is 5.78. The van der Waals surface area contributed by atoms with Crippen LogP contribution in [0.15, 0.2) is 24.3 Å². The van der Waals surface area contributed by atoms with Crippen LogP contribution in [0.3, 0.4) is 0 Å². The van der Waals surface area contributed by atoms with E-state index in [2.05, 4.69) is 10.6 Å². The summed E-state index contributed by atoms with van der Waals surface area (Å²) in [5.41, 5.74) is 0.518. The summed E-state index contributed by atoms with van der Waals surface area (Å²) in [4.78, 5) is 39.2. The summed E-state index contributed by atoms with van der Waals surface area (Å²) < 4.78 is 5.09. The number of nitrogens with one attached hydrogen (secondary N) is 2. The number of carbonyl (C=O) groups is 3. The molecule has 7 nitrogen and oxygen atoms in total. The summed E-state index contributed by atoms with van der Waals surface area (Å²) in [5.74, 6) is 0.364. The first-order chi connectivity index (χ1) is 12.4. The Labute approximate surface area is 153 Å². The molecule has 2 aliphatic heterocycles. The van der Waals surface area contributed by atoms with E-state index in [1.165, 1.54) is 0 Å². The molecule has 2 heterocycles. The summed E-state index contributed by atoms with van der Waals surface area (Å²) in [6, 6.07) is 5.62. The zero-order chi connectivity index (χ0) is 18.8. The maximum Gasteiger partial charge on any atom is 0.251 e. The lowest BCUT2D eigenvalue weighted by molar-refractivity contribution is -0.148. The third-order valence-electron chi connectivity index (χ3n) is 5.35. The van der Waals surface area contributed by atoms with Gasteiger partial charge in [0.05, 0.1) is 7.11 Å². The molecular formula is C19H25N3O4. The Morgan fingerprint density at radius 3 is 2.65 bits per heavy atom. The smallest absolute Gasteiger partial charge is 0.251 e. The van der Waals surface area contributed by atoms with E-state index in [0.717, 1.165) is 6.42 Å². The third-order valence-corrected chi connectivity index (χ3v) is 5.35. The molecule has 26 heavy (non-hydrogen) atoms. The Hall–Kier alpha value is -2.57. The van der Waals surface area contributed by atoms with Crippen LogP contribution in [0.5, 0.6) is 5.75 Å². The molecule has 1 aromatic carbocycles. The molecule has 0 spiro atoms. The van der Waals surface area contributed by atoms with E-state index in [0.29, 0.717) is 24.3 Å². The molecule has 2 fully saturated rings. The van der Waals surface area contributed by atoms with E-state index < -0.39 is 12.1 Å².